The Kier molecular flexibility index (Phi) is 5.64. The lowest BCUT2D eigenvalue weighted by Crippen LogP contribution is -2.33. The largest absolute Gasteiger partial charge is 0.351 e. The molecule has 1 aliphatic rings. The molecule has 1 saturated carbocycles. The Labute approximate surface area is 185 Å². The van der Waals surface area contributed by atoms with Crippen LogP contribution in [0.3, 0.4) is 0 Å². The first kappa shape index (κ1) is 20.3. The smallest absolute Gasteiger partial charge is 0.229 e. The van der Waals surface area contributed by atoms with E-state index in [0.717, 1.165) is 48.7 Å². The second kappa shape index (κ2) is 8.88. The molecular weight excluding hydrogens is 407 g/mol. The fourth-order valence-corrected chi connectivity index (χ4v) is 3.98. The lowest BCUT2D eigenvalue weighted by molar-refractivity contribution is 0.410. The van der Waals surface area contributed by atoms with E-state index < -0.39 is 5.82 Å². The van der Waals surface area contributed by atoms with E-state index in [2.05, 4.69) is 30.7 Å². The van der Waals surface area contributed by atoms with Crippen molar-refractivity contribution < 1.29 is 4.39 Å². The quantitative estimate of drug-likeness (QED) is 0.427. The number of halogens is 1. The molecule has 4 N–H and O–H groups in total. The molecule has 5 rings (SSSR count). The lowest BCUT2D eigenvalue weighted by Gasteiger charge is -2.26. The molecule has 0 bridgehead atoms. The summed E-state index contributed by atoms with van der Waals surface area (Å²) in [7, 11) is 0. The van der Waals surface area contributed by atoms with Crippen LogP contribution >= 0.6 is 0 Å². The number of nitrogens with zero attached hydrogens (tertiary/aromatic N) is 5. The second-order valence-electron chi connectivity index (χ2n) is 8.12. The molecule has 8 nitrogen and oxygen atoms in total. The number of nitrogens with two attached hydrogens (primary N) is 1. The zero-order chi connectivity index (χ0) is 21.9. The monoisotopic (exact) mass is 432 g/mol. The van der Waals surface area contributed by atoms with Crippen molar-refractivity contribution in [1.82, 2.24) is 24.6 Å². The van der Waals surface area contributed by atoms with Crippen LogP contribution in [0.15, 0.2) is 54.9 Å². The maximum atomic E-state index is 14.3. The Morgan fingerprint density at radius 3 is 2.59 bits per heavy atom. The van der Waals surface area contributed by atoms with Crippen molar-refractivity contribution in [2.24, 2.45) is 5.73 Å². The maximum Gasteiger partial charge on any atom is 0.229 e. The minimum Gasteiger partial charge on any atom is -0.351 e. The summed E-state index contributed by atoms with van der Waals surface area (Å²) >= 11 is 0. The van der Waals surface area contributed by atoms with E-state index in [9.17, 15) is 4.39 Å². The minimum atomic E-state index is -0.483. The average Bonchev–Trinajstić information content (AvgIpc) is 3.21. The first-order valence-corrected chi connectivity index (χ1v) is 10.8. The standard InChI is InChI=1S/C23H25FN8/c24-19-14-28-32-21(19)30-22(29-18-10-8-17(25)9-11-18)31-23(32)27-13-15-4-6-16(7-5-15)20-3-1-2-12-26-20/h1-7,12,14,17-18H,8-11,13,25H2,(H2,27,29,30,31). The number of benzene rings is 1. The normalized spacial score (nSPS) is 18.6. The fraction of sp³-hybridized carbons (Fsp3) is 0.304. The topological polar surface area (TPSA) is 106 Å². The molecule has 0 spiro atoms. The van der Waals surface area contributed by atoms with Gasteiger partial charge in [-0.2, -0.15) is 19.6 Å². The highest BCUT2D eigenvalue weighted by Crippen LogP contribution is 2.22. The third kappa shape index (κ3) is 4.38. The number of rotatable bonds is 6. The lowest BCUT2D eigenvalue weighted by atomic mass is 9.92. The van der Waals surface area contributed by atoms with Gasteiger partial charge in [-0.1, -0.05) is 30.3 Å². The number of hydrogen-bond acceptors (Lipinski definition) is 7. The molecule has 164 valence electrons. The SMILES string of the molecule is NC1CCC(Nc2nc(NCc3ccc(-c4ccccn4)cc3)n3ncc(F)c3n2)CC1. The van der Waals surface area contributed by atoms with E-state index in [1.165, 1.54) is 4.52 Å². The molecule has 0 atom stereocenters. The molecule has 32 heavy (non-hydrogen) atoms. The van der Waals surface area contributed by atoms with Crippen LogP contribution in [0.4, 0.5) is 16.3 Å². The van der Waals surface area contributed by atoms with Crippen LogP contribution in [0.25, 0.3) is 16.9 Å². The van der Waals surface area contributed by atoms with Gasteiger partial charge < -0.3 is 16.4 Å². The fourth-order valence-electron chi connectivity index (χ4n) is 3.98. The molecule has 1 aliphatic carbocycles. The molecule has 1 aromatic carbocycles. The Balaban J connectivity index is 1.33. The summed E-state index contributed by atoms with van der Waals surface area (Å²) in [5.74, 6) is 0.344. The molecule has 0 amide bonds. The van der Waals surface area contributed by atoms with Crippen LogP contribution < -0.4 is 16.4 Å². The van der Waals surface area contributed by atoms with Gasteiger partial charge in [0.15, 0.2) is 11.5 Å². The molecule has 0 radical (unpaired) electrons. The van der Waals surface area contributed by atoms with Crippen molar-refractivity contribution in [3.63, 3.8) is 0 Å². The molecule has 1 fully saturated rings. The van der Waals surface area contributed by atoms with Crippen LogP contribution in [0.1, 0.15) is 31.2 Å². The maximum absolute atomic E-state index is 14.3. The minimum absolute atomic E-state index is 0.142. The predicted molar refractivity (Wildman–Crippen MR) is 122 cm³/mol. The van der Waals surface area contributed by atoms with Crippen molar-refractivity contribution in [3.05, 3.63) is 66.2 Å². The predicted octanol–water partition coefficient (Wildman–Crippen LogP) is 3.62. The van der Waals surface area contributed by atoms with Crippen molar-refractivity contribution >= 4 is 17.5 Å². The number of hydrogen-bond donors (Lipinski definition) is 3. The zero-order valence-electron chi connectivity index (χ0n) is 17.6. The Hall–Kier alpha value is -3.59. The summed E-state index contributed by atoms with van der Waals surface area (Å²) < 4.78 is 15.6. The van der Waals surface area contributed by atoms with Gasteiger partial charge >= 0.3 is 0 Å². The highest BCUT2D eigenvalue weighted by Gasteiger charge is 2.20. The van der Waals surface area contributed by atoms with Gasteiger partial charge in [-0.05, 0) is 43.4 Å². The van der Waals surface area contributed by atoms with Gasteiger partial charge in [0.1, 0.15) is 0 Å². The van der Waals surface area contributed by atoms with Gasteiger partial charge in [0, 0.05) is 30.4 Å². The third-order valence-electron chi connectivity index (χ3n) is 5.80. The highest BCUT2D eigenvalue weighted by atomic mass is 19.1. The number of pyridine rings is 1. The Morgan fingerprint density at radius 2 is 1.84 bits per heavy atom. The summed E-state index contributed by atoms with van der Waals surface area (Å²) in [6.45, 7) is 0.508. The van der Waals surface area contributed by atoms with E-state index in [-0.39, 0.29) is 17.7 Å². The summed E-state index contributed by atoms with van der Waals surface area (Å²) in [5, 5.41) is 10.7. The molecular formula is C23H25FN8. The Morgan fingerprint density at radius 1 is 1.03 bits per heavy atom. The van der Waals surface area contributed by atoms with Gasteiger partial charge in [0.05, 0.1) is 11.9 Å². The zero-order valence-corrected chi connectivity index (χ0v) is 17.6. The van der Waals surface area contributed by atoms with Gasteiger partial charge in [0.25, 0.3) is 0 Å². The first-order chi connectivity index (χ1) is 15.7. The summed E-state index contributed by atoms with van der Waals surface area (Å²) in [4.78, 5) is 13.3. The summed E-state index contributed by atoms with van der Waals surface area (Å²) in [6, 6.07) is 14.5. The summed E-state index contributed by atoms with van der Waals surface area (Å²) in [5.41, 5.74) is 9.17. The average molecular weight is 433 g/mol. The van der Waals surface area contributed by atoms with Crippen LogP contribution in [0.5, 0.6) is 0 Å². The van der Waals surface area contributed by atoms with E-state index in [4.69, 9.17) is 5.73 Å². The van der Waals surface area contributed by atoms with E-state index in [1.807, 2.05) is 42.5 Å². The molecule has 0 aliphatic heterocycles. The van der Waals surface area contributed by atoms with Crippen molar-refractivity contribution in [1.29, 1.82) is 0 Å². The molecule has 3 aromatic heterocycles. The molecule has 0 saturated heterocycles. The number of aromatic nitrogens is 5. The molecule has 4 aromatic rings. The second-order valence-corrected chi connectivity index (χ2v) is 8.12. The van der Waals surface area contributed by atoms with Crippen molar-refractivity contribution in [2.45, 2.75) is 44.3 Å². The van der Waals surface area contributed by atoms with Crippen LogP contribution in [0, 0.1) is 5.82 Å². The van der Waals surface area contributed by atoms with Crippen molar-refractivity contribution in [3.8, 4) is 11.3 Å². The van der Waals surface area contributed by atoms with Crippen LogP contribution in [0.2, 0.25) is 0 Å². The number of anilines is 2. The first-order valence-electron chi connectivity index (χ1n) is 10.8. The van der Waals surface area contributed by atoms with Gasteiger partial charge in [0.2, 0.25) is 11.9 Å². The van der Waals surface area contributed by atoms with Gasteiger partial charge in [-0.25, -0.2) is 4.39 Å². The third-order valence-corrected chi connectivity index (χ3v) is 5.80. The Bertz CT molecular complexity index is 1180. The van der Waals surface area contributed by atoms with Gasteiger partial charge in [-0.15, -0.1) is 0 Å². The van der Waals surface area contributed by atoms with Crippen LogP contribution in [-0.4, -0.2) is 36.6 Å². The summed E-state index contributed by atoms with van der Waals surface area (Å²) in [6.07, 6.45) is 6.74. The van der Waals surface area contributed by atoms with E-state index in [0.29, 0.717) is 18.4 Å². The molecule has 0 unspecified atom stereocenters. The number of fused-ring (bicyclic) bond motifs is 1. The van der Waals surface area contributed by atoms with Crippen molar-refractivity contribution in [2.75, 3.05) is 10.6 Å². The van der Waals surface area contributed by atoms with E-state index in [1.54, 1.807) is 6.20 Å². The van der Waals surface area contributed by atoms with Crippen LogP contribution in [-0.2, 0) is 6.54 Å². The highest BCUT2D eigenvalue weighted by molar-refractivity contribution is 5.59. The van der Waals surface area contributed by atoms with Gasteiger partial charge in [-0.3, -0.25) is 4.98 Å². The molecule has 9 heteroatoms. The van der Waals surface area contributed by atoms with E-state index >= 15 is 0 Å². The number of nitrogens with one attached hydrogen (secondary N) is 2. The molecule has 3 heterocycles.